The van der Waals surface area contributed by atoms with Gasteiger partial charge < -0.3 is 9.55 Å². The van der Waals surface area contributed by atoms with Crippen molar-refractivity contribution in [2.24, 2.45) is 5.92 Å². The highest BCUT2D eigenvalue weighted by atomic mass is 32.1. The molecule has 1 N–H and O–H groups in total. The molecule has 0 bridgehead atoms. The molecule has 1 aliphatic rings. The maximum Gasteiger partial charge on any atom is 0.179 e. The van der Waals surface area contributed by atoms with Gasteiger partial charge in [-0.2, -0.15) is 5.10 Å². The summed E-state index contributed by atoms with van der Waals surface area (Å²) in [6, 6.07) is 0. The van der Waals surface area contributed by atoms with Crippen molar-refractivity contribution in [2.75, 3.05) is 0 Å². The fourth-order valence-corrected chi connectivity index (χ4v) is 3.76. The summed E-state index contributed by atoms with van der Waals surface area (Å²) in [5.74, 6) is 0.884. The van der Waals surface area contributed by atoms with E-state index in [-0.39, 0.29) is 0 Å². The summed E-state index contributed by atoms with van der Waals surface area (Å²) in [6.45, 7) is 6.09. The minimum atomic E-state index is 0.846. The maximum absolute atomic E-state index is 5.51. The second-order valence-corrected chi connectivity index (χ2v) is 6.36. The van der Waals surface area contributed by atoms with Crippen LogP contribution in [0.3, 0.4) is 0 Å². The van der Waals surface area contributed by atoms with E-state index in [0.29, 0.717) is 0 Å². The summed E-state index contributed by atoms with van der Waals surface area (Å²) in [7, 11) is 0. The van der Waals surface area contributed by atoms with Gasteiger partial charge in [-0.3, -0.25) is 0 Å². The summed E-state index contributed by atoms with van der Waals surface area (Å²) in [4.78, 5) is 3.33. The van der Waals surface area contributed by atoms with Crippen molar-refractivity contribution in [1.29, 1.82) is 0 Å². The van der Waals surface area contributed by atoms with Crippen LogP contribution in [-0.2, 0) is 13.1 Å². The first-order chi connectivity index (χ1) is 9.70. The molecular weight excluding hydrogens is 268 g/mol. The van der Waals surface area contributed by atoms with Crippen molar-refractivity contribution in [2.45, 2.75) is 65.5 Å². The molecule has 0 unspecified atom stereocenters. The molecule has 2 aromatic heterocycles. The van der Waals surface area contributed by atoms with Gasteiger partial charge in [0.15, 0.2) is 10.4 Å². The van der Waals surface area contributed by atoms with Gasteiger partial charge in [0.25, 0.3) is 0 Å². The zero-order chi connectivity index (χ0) is 14.1. The van der Waals surface area contributed by atoms with Gasteiger partial charge in [0.05, 0.1) is 5.69 Å². The molecule has 0 radical (unpaired) electrons. The molecule has 2 heterocycles. The number of nitrogens with one attached hydrogen (secondary N) is 1. The Morgan fingerprint density at radius 1 is 1.30 bits per heavy atom. The highest BCUT2D eigenvalue weighted by Gasteiger charge is 2.17. The fraction of sp³-hybridized carbons (Fsp3) is 0.733. The van der Waals surface area contributed by atoms with Crippen LogP contribution in [-0.4, -0.2) is 19.3 Å². The number of nitrogens with zero attached hydrogens (tertiary/aromatic N) is 3. The number of aromatic amines is 1. The molecule has 0 spiro atoms. The molecule has 0 amide bonds. The first-order valence-corrected chi connectivity index (χ1v) is 8.27. The molecule has 1 aliphatic carbocycles. The Balaban J connectivity index is 1.86. The number of imidazole rings is 1. The summed E-state index contributed by atoms with van der Waals surface area (Å²) in [5.41, 5.74) is 3.33. The van der Waals surface area contributed by atoms with Crippen LogP contribution in [0.25, 0.3) is 11.2 Å². The van der Waals surface area contributed by atoms with E-state index < -0.39 is 0 Å². The van der Waals surface area contributed by atoms with Crippen molar-refractivity contribution in [3.05, 3.63) is 10.5 Å². The smallest absolute Gasteiger partial charge is 0.179 e. The van der Waals surface area contributed by atoms with Crippen LogP contribution in [0.1, 0.15) is 51.1 Å². The lowest BCUT2D eigenvalue weighted by atomic mass is 9.87. The van der Waals surface area contributed by atoms with Crippen LogP contribution in [0, 0.1) is 17.6 Å². The molecule has 1 fully saturated rings. The Morgan fingerprint density at radius 3 is 2.75 bits per heavy atom. The highest BCUT2D eigenvalue weighted by Crippen LogP contribution is 2.27. The second kappa shape index (κ2) is 5.72. The molecule has 4 nitrogen and oxygen atoms in total. The van der Waals surface area contributed by atoms with Crippen LogP contribution in [0.15, 0.2) is 0 Å². The number of fused-ring (bicyclic) bond motifs is 1. The first-order valence-electron chi connectivity index (χ1n) is 7.86. The van der Waals surface area contributed by atoms with E-state index in [0.717, 1.165) is 35.0 Å². The van der Waals surface area contributed by atoms with Crippen LogP contribution in [0.2, 0.25) is 0 Å². The van der Waals surface area contributed by atoms with Crippen LogP contribution >= 0.6 is 12.2 Å². The molecule has 20 heavy (non-hydrogen) atoms. The van der Waals surface area contributed by atoms with E-state index in [1.165, 1.54) is 44.2 Å². The molecule has 0 aromatic carbocycles. The molecule has 5 heteroatoms. The van der Waals surface area contributed by atoms with E-state index in [2.05, 4.69) is 26.3 Å². The molecular formula is C15H24N4S. The summed E-state index contributed by atoms with van der Waals surface area (Å²) >= 11 is 5.51. The SMILES string of the molecule is CCn1nc(C)c2[nH]c(=S)n(CCC3CCCCC3)c21. The molecule has 0 saturated heterocycles. The lowest BCUT2D eigenvalue weighted by molar-refractivity contribution is 0.324. The second-order valence-electron chi connectivity index (χ2n) is 5.97. The fourth-order valence-electron chi connectivity index (χ4n) is 3.48. The Morgan fingerprint density at radius 2 is 2.05 bits per heavy atom. The Kier molecular flexibility index (Phi) is 3.96. The van der Waals surface area contributed by atoms with Gasteiger partial charge in [-0.05, 0) is 38.4 Å². The van der Waals surface area contributed by atoms with Gasteiger partial charge >= 0.3 is 0 Å². The van der Waals surface area contributed by atoms with E-state index in [1.54, 1.807) is 0 Å². The number of hydrogen-bond donors (Lipinski definition) is 1. The molecule has 3 rings (SSSR count). The topological polar surface area (TPSA) is 38.5 Å². The van der Waals surface area contributed by atoms with E-state index >= 15 is 0 Å². The summed E-state index contributed by atoms with van der Waals surface area (Å²) in [6.07, 6.45) is 8.27. The predicted molar refractivity (Wildman–Crippen MR) is 84.5 cm³/mol. The van der Waals surface area contributed by atoms with Crippen LogP contribution in [0.5, 0.6) is 0 Å². The monoisotopic (exact) mass is 292 g/mol. The zero-order valence-electron chi connectivity index (χ0n) is 12.5. The molecule has 0 atom stereocenters. The maximum atomic E-state index is 5.51. The van der Waals surface area contributed by atoms with Crippen LogP contribution in [0.4, 0.5) is 0 Å². The third kappa shape index (κ3) is 2.43. The average Bonchev–Trinajstić information content (AvgIpc) is 2.95. The van der Waals surface area contributed by atoms with Gasteiger partial charge in [0, 0.05) is 13.1 Å². The number of aryl methyl sites for hydroxylation is 3. The van der Waals surface area contributed by atoms with Gasteiger partial charge in [-0.15, -0.1) is 0 Å². The quantitative estimate of drug-likeness (QED) is 0.858. The number of rotatable bonds is 4. The predicted octanol–water partition coefficient (Wildman–Crippen LogP) is 4.19. The minimum absolute atomic E-state index is 0.846. The van der Waals surface area contributed by atoms with Crippen molar-refractivity contribution < 1.29 is 0 Å². The summed E-state index contributed by atoms with van der Waals surface area (Å²) < 4.78 is 5.17. The van der Waals surface area contributed by atoms with Crippen molar-refractivity contribution in [3.63, 3.8) is 0 Å². The highest BCUT2D eigenvalue weighted by molar-refractivity contribution is 7.71. The average molecular weight is 292 g/mol. The van der Waals surface area contributed by atoms with Gasteiger partial charge in [0.1, 0.15) is 5.52 Å². The summed E-state index contributed by atoms with van der Waals surface area (Å²) in [5, 5.41) is 4.58. The molecule has 0 aliphatic heterocycles. The zero-order valence-corrected chi connectivity index (χ0v) is 13.3. The van der Waals surface area contributed by atoms with Crippen LogP contribution < -0.4 is 0 Å². The van der Waals surface area contributed by atoms with Gasteiger partial charge in [-0.25, -0.2) is 4.68 Å². The Hall–Kier alpha value is -1.10. The largest absolute Gasteiger partial charge is 0.328 e. The third-order valence-corrected chi connectivity index (χ3v) is 4.94. The molecule has 1 saturated carbocycles. The number of hydrogen-bond acceptors (Lipinski definition) is 2. The molecule has 110 valence electrons. The van der Waals surface area contributed by atoms with E-state index in [9.17, 15) is 0 Å². The Labute approximate surface area is 125 Å². The van der Waals surface area contributed by atoms with E-state index in [1.807, 2.05) is 6.92 Å². The van der Waals surface area contributed by atoms with E-state index in [4.69, 9.17) is 12.2 Å². The van der Waals surface area contributed by atoms with Gasteiger partial charge in [-0.1, -0.05) is 32.1 Å². The number of H-pyrrole nitrogens is 1. The van der Waals surface area contributed by atoms with Crippen molar-refractivity contribution in [1.82, 2.24) is 19.3 Å². The first kappa shape index (κ1) is 13.9. The van der Waals surface area contributed by atoms with Gasteiger partial charge in [0.2, 0.25) is 0 Å². The standard InChI is InChI=1S/C15H24N4S/c1-3-19-14-13(11(2)17-19)16-15(20)18(14)10-9-12-7-5-4-6-8-12/h12H,3-10H2,1-2H3,(H,16,20). The number of aromatic nitrogens is 4. The van der Waals surface area contributed by atoms with Crippen molar-refractivity contribution in [3.8, 4) is 0 Å². The lowest BCUT2D eigenvalue weighted by Gasteiger charge is -2.21. The lowest BCUT2D eigenvalue weighted by Crippen LogP contribution is -2.11. The Bertz CT molecular complexity index is 643. The molecule has 2 aromatic rings. The normalized spacial score (nSPS) is 17.1. The third-order valence-electron chi connectivity index (χ3n) is 4.62. The minimum Gasteiger partial charge on any atom is -0.328 e. The van der Waals surface area contributed by atoms with Crippen molar-refractivity contribution >= 4 is 23.4 Å².